The van der Waals surface area contributed by atoms with Crippen molar-refractivity contribution in [1.29, 1.82) is 0 Å². The number of nitrogens with zero attached hydrogens (tertiary/aromatic N) is 1. The molecule has 0 radical (unpaired) electrons. The van der Waals surface area contributed by atoms with Crippen LogP contribution in [0.4, 0.5) is 5.69 Å². The van der Waals surface area contributed by atoms with Gasteiger partial charge in [-0.05, 0) is 18.6 Å². The van der Waals surface area contributed by atoms with Crippen molar-refractivity contribution >= 4 is 23.3 Å². The van der Waals surface area contributed by atoms with Crippen molar-refractivity contribution in [3.05, 3.63) is 30.3 Å². The summed E-state index contributed by atoms with van der Waals surface area (Å²) < 4.78 is 0. The number of anilines is 1. The standard InChI is InChI=1S/C14H13NO3/c16-10-6-7-11-12(8-10)14(18)15(13(11)17)9-4-2-1-3-5-9/h1-5,11-12H,6-8H2. The number of imide groups is 1. The first-order chi connectivity index (χ1) is 8.68. The Morgan fingerprint density at radius 3 is 2.33 bits per heavy atom. The molecule has 18 heavy (non-hydrogen) atoms. The van der Waals surface area contributed by atoms with Crippen LogP contribution in [-0.4, -0.2) is 17.6 Å². The number of Topliss-reactive ketones (excluding diaryl/α,β-unsaturated/α-hetero) is 1. The number of hydrogen-bond donors (Lipinski definition) is 0. The van der Waals surface area contributed by atoms with E-state index in [0.29, 0.717) is 18.5 Å². The number of para-hydroxylation sites is 1. The number of hydrogen-bond acceptors (Lipinski definition) is 3. The molecular weight excluding hydrogens is 230 g/mol. The average molecular weight is 243 g/mol. The Balaban J connectivity index is 1.96. The Kier molecular flexibility index (Phi) is 2.51. The van der Waals surface area contributed by atoms with E-state index in [1.807, 2.05) is 6.07 Å². The molecule has 1 saturated heterocycles. The first-order valence-corrected chi connectivity index (χ1v) is 6.13. The van der Waals surface area contributed by atoms with Gasteiger partial charge >= 0.3 is 0 Å². The highest BCUT2D eigenvalue weighted by Crippen LogP contribution is 2.38. The fourth-order valence-electron chi connectivity index (χ4n) is 2.83. The third kappa shape index (κ3) is 1.56. The van der Waals surface area contributed by atoms with Crippen LogP contribution >= 0.6 is 0 Å². The Morgan fingerprint density at radius 1 is 0.944 bits per heavy atom. The smallest absolute Gasteiger partial charge is 0.238 e. The molecule has 0 spiro atoms. The summed E-state index contributed by atoms with van der Waals surface area (Å²) >= 11 is 0. The molecule has 2 aliphatic rings. The van der Waals surface area contributed by atoms with Crippen LogP contribution < -0.4 is 4.90 Å². The van der Waals surface area contributed by atoms with E-state index in [1.165, 1.54) is 4.90 Å². The highest BCUT2D eigenvalue weighted by atomic mass is 16.2. The molecule has 1 aromatic rings. The summed E-state index contributed by atoms with van der Waals surface area (Å²) in [4.78, 5) is 37.2. The summed E-state index contributed by atoms with van der Waals surface area (Å²) in [6, 6.07) is 8.92. The maximum atomic E-state index is 12.3. The van der Waals surface area contributed by atoms with E-state index in [2.05, 4.69) is 0 Å². The molecule has 92 valence electrons. The molecule has 0 bridgehead atoms. The van der Waals surface area contributed by atoms with Crippen LogP contribution in [0.25, 0.3) is 0 Å². The lowest BCUT2D eigenvalue weighted by molar-refractivity contribution is -0.129. The summed E-state index contributed by atoms with van der Waals surface area (Å²) in [6.07, 6.45) is 1.15. The molecule has 0 N–H and O–H groups in total. The minimum absolute atomic E-state index is 0.0901. The number of carbonyl (C=O) groups excluding carboxylic acids is 3. The van der Waals surface area contributed by atoms with Gasteiger partial charge in [-0.2, -0.15) is 0 Å². The van der Waals surface area contributed by atoms with Crippen molar-refractivity contribution in [2.75, 3.05) is 4.90 Å². The topological polar surface area (TPSA) is 54.5 Å². The predicted octanol–water partition coefficient (Wildman–Crippen LogP) is 1.55. The van der Waals surface area contributed by atoms with E-state index >= 15 is 0 Å². The Labute approximate surface area is 105 Å². The maximum Gasteiger partial charge on any atom is 0.238 e. The van der Waals surface area contributed by atoms with E-state index < -0.39 is 5.92 Å². The summed E-state index contributed by atoms with van der Waals surface area (Å²) in [5.41, 5.74) is 0.606. The van der Waals surface area contributed by atoms with E-state index in [-0.39, 0.29) is 29.9 Å². The van der Waals surface area contributed by atoms with Crippen LogP contribution in [0.15, 0.2) is 30.3 Å². The first kappa shape index (κ1) is 11.1. The van der Waals surface area contributed by atoms with Crippen LogP contribution in [0.5, 0.6) is 0 Å². The lowest BCUT2D eigenvalue weighted by Gasteiger charge is -2.18. The van der Waals surface area contributed by atoms with Crippen LogP contribution in [0, 0.1) is 11.8 Å². The minimum Gasteiger partial charge on any atom is -0.300 e. The zero-order valence-electron chi connectivity index (χ0n) is 9.83. The van der Waals surface area contributed by atoms with Crippen molar-refractivity contribution in [3.63, 3.8) is 0 Å². The SMILES string of the molecule is O=C1CCC2C(=O)N(c3ccccc3)C(=O)C2C1. The molecule has 2 amide bonds. The molecule has 1 aliphatic heterocycles. The molecule has 2 unspecified atom stereocenters. The van der Waals surface area contributed by atoms with Gasteiger partial charge in [0.15, 0.2) is 0 Å². The zero-order chi connectivity index (χ0) is 12.7. The predicted molar refractivity (Wildman–Crippen MR) is 64.8 cm³/mol. The van der Waals surface area contributed by atoms with Gasteiger partial charge in [-0.1, -0.05) is 18.2 Å². The fraction of sp³-hybridized carbons (Fsp3) is 0.357. The number of ketones is 1. The largest absolute Gasteiger partial charge is 0.300 e. The minimum atomic E-state index is -0.432. The summed E-state index contributed by atoms with van der Waals surface area (Å²) in [5.74, 6) is -1.00. The number of fused-ring (bicyclic) bond motifs is 1. The summed E-state index contributed by atoms with van der Waals surface area (Å²) in [7, 11) is 0. The first-order valence-electron chi connectivity index (χ1n) is 6.13. The van der Waals surface area contributed by atoms with Gasteiger partial charge in [0.25, 0.3) is 0 Å². The van der Waals surface area contributed by atoms with Crippen LogP contribution in [-0.2, 0) is 14.4 Å². The third-order valence-electron chi connectivity index (χ3n) is 3.76. The molecule has 1 saturated carbocycles. The molecule has 1 aromatic carbocycles. The number of rotatable bonds is 1. The van der Waals surface area contributed by atoms with Gasteiger partial charge in [0, 0.05) is 12.8 Å². The highest BCUT2D eigenvalue weighted by Gasteiger charge is 2.50. The second-order valence-corrected chi connectivity index (χ2v) is 4.84. The summed E-state index contributed by atoms with van der Waals surface area (Å²) in [5, 5.41) is 0. The van der Waals surface area contributed by atoms with Crippen LogP contribution in [0.3, 0.4) is 0 Å². The normalized spacial score (nSPS) is 27.6. The van der Waals surface area contributed by atoms with Gasteiger partial charge in [-0.15, -0.1) is 0 Å². The molecule has 2 atom stereocenters. The second-order valence-electron chi connectivity index (χ2n) is 4.84. The van der Waals surface area contributed by atoms with Crippen molar-refractivity contribution in [1.82, 2.24) is 0 Å². The van der Waals surface area contributed by atoms with Gasteiger partial charge in [0.05, 0.1) is 17.5 Å². The van der Waals surface area contributed by atoms with E-state index in [9.17, 15) is 14.4 Å². The van der Waals surface area contributed by atoms with Crippen molar-refractivity contribution in [2.45, 2.75) is 19.3 Å². The maximum absolute atomic E-state index is 12.3. The van der Waals surface area contributed by atoms with Gasteiger partial charge in [0.1, 0.15) is 5.78 Å². The highest BCUT2D eigenvalue weighted by molar-refractivity contribution is 6.23. The summed E-state index contributed by atoms with van der Waals surface area (Å²) in [6.45, 7) is 0. The Bertz CT molecular complexity index is 523. The van der Waals surface area contributed by atoms with Gasteiger partial charge in [0.2, 0.25) is 11.8 Å². The monoisotopic (exact) mass is 243 g/mol. The average Bonchev–Trinajstić information content (AvgIpc) is 2.63. The molecule has 1 aliphatic carbocycles. The molecule has 4 nitrogen and oxygen atoms in total. The number of benzene rings is 1. The van der Waals surface area contributed by atoms with Crippen LogP contribution in [0.2, 0.25) is 0 Å². The van der Waals surface area contributed by atoms with E-state index in [1.54, 1.807) is 24.3 Å². The lowest BCUT2D eigenvalue weighted by atomic mass is 9.80. The van der Waals surface area contributed by atoms with Gasteiger partial charge < -0.3 is 0 Å². The molecule has 1 heterocycles. The van der Waals surface area contributed by atoms with E-state index in [0.717, 1.165) is 0 Å². The van der Waals surface area contributed by atoms with Crippen molar-refractivity contribution in [2.24, 2.45) is 11.8 Å². The number of carbonyl (C=O) groups is 3. The second kappa shape index (κ2) is 4.05. The lowest BCUT2D eigenvalue weighted by Crippen LogP contribution is -2.30. The molecular formula is C14H13NO3. The van der Waals surface area contributed by atoms with Crippen LogP contribution in [0.1, 0.15) is 19.3 Å². The van der Waals surface area contributed by atoms with Gasteiger partial charge in [-0.3, -0.25) is 19.3 Å². The Morgan fingerprint density at radius 2 is 1.61 bits per heavy atom. The Hall–Kier alpha value is -1.97. The van der Waals surface area contributed by atoms with Crippen molar-refractivity contribution < 1.29 is 14.4 Å². The zero-order valence-corrected chi connectivity index (χ0v) is 9.83. The van der Waals surface area contributed by atoms with E-state index in [4.69, 9.17) is 0 Å². The quantitative estimate of drug-likeness (QED) is 0.703. The van der Waals surface area contributed by atoms with Gasteiger partial charge in [-0.25, -0.2) is 0 Å². The molecule has 2 fully saturated rings. The molecule has 3 rings (SSSR count). The fourth-order valence-corrected chi connectivity index (χ4v) is 2.83. The van der Waals surface area contributed by atoms with Crippen molar-refractivity contribution in [3.8, 4) is 0 Å². The molecule has 0 aromatic heterocycles. The third-order valence-corrected chi connectivity index (χ3v) is 3.76. The molecule has 4 heteroatoms. The number of amides is 2.